The number of carbonyl (C=O) groups is 1. The van der Waals surface area contributed by atoms with E-state index >= 15 is 0 Å². The zero-order chi connectivity index (χ0) is 14.0. The van der Waals surface area contributed by atoms with Gasteiger partial charge in [0, 0.05) is 6.20 Å². The van der Waals surface area contributed by atoms with E-state index in [0.717, 1.165) is 0 Å². The molecule has 2 N–H and O–H groups in total. The molecule has 0 aliphatic heterocycles. The van der Waals surface area contributed by atoms with E-state index in [0.29, 0.717) is 18.2 Å². The Kier molecular flexibility index (Phi) is 3.24. The number of benzene rings is 1. The number of aromatic amines is 1. The number of rotatable bonds is 2. The van der Waals surface area contributed by atoms with Gasteiger partial charge in [0.25, 0.3) is 5.91 Å². The van der Waals surface area contributed by atoms with Gasteiger partial charge in [0.15, 0.2) is 0 Å². The average molecular weight is 273 g/mol. The third-order valence-corrected chi connectivity index (χ3v) is 2.29. The van der Waals surface area contributed by atoms with Crippen LogP contribution >= 0.6 is 0 Å². The summed E-state index contributed by atoms with van der Waals surface area (Å²) < 4.78 is 50.8. The van der Waals surface area contributed by atoms with E-state index in [2.05, 4.69) is 15.5 Å². The highest BCUT2D eigenvalue weighted by Gasteiger charge is 2.31. The van der Waals surface area contributed by atoms with Gasteiger partial charge in [-0.25, -0.2) is 4.39 Å². The minimum Gasteiger partial charge on any atom is -0.319 e. The fraction of sp³-hybridized carbons (Fsp3) is 0.0909. The second-order valence-electron chi connectivity index (χ2n) is 3.63. The SMILES string of the molecule is O=C(Nc1cn[nH]c1)c1cc(C(F)(F)F)ccc1F. The predicted molar refractivity (Wildman–Crippen MR) is 57.9 cm³/mol. The molecule has 4 nitrogen and oxygen atoms in total. The Morgan fingerprint density at radius 3 is 2.63 bits per heavy atom. The van der Waals surface area contributed by atoms with Gasteiger partial charge < -0.3 is 5.32 Å². The lowest BCUT2D eigenvalue weighted by Crippen LogP contribution is -2.15. The van der Waals surface area contributed by atoms with Crippen LogP contribution in [-0.4, -0.2) is 16.1 Å². The maximum Gasteiger partial charge on any atom is 0.416 e. The van der Waals surface area contributed by atoms with Crippen LogP contribution in [0.5, 0.6) is 0 Å². The third-order valence-electron chi connectivity index (χ3n) is 2.29. The van der Waals surface area contributed by atoms with Crippen molar-refractivity contribution in [3.63, 3.8) is 0 Å². The van der Waals surface area contributed by atoms with Gasteiger partial charge in [-0.2, -0.15) is 18.3 Å². The Bertz CT molecular complexity index is 592. The van der Waals surface area contributed by atoms with Crippen molar-refractivity contribution in [3.05, 3.63) is 47.5 Å². The zero-order valence-corrected chi connectivity index (χ0v) is 9.25. The van der Waals surface area contributed by atoms with Gasteiger partial charge in [-0.15, -0.1) is 0 Å². The number of hydrogen-bond donors (Lipinski definition) is 2. The number of anilines is 1. The quantitative estimate of drug-likeness (QED) is 0.826. The predicted octanol–water partition coefficient (Wildman–Crippen LogP) is 2.82. The zero-order valence-electron chi connectivity index (χ0n) is 9.25. The van der Waals surface area contributed by atoms with Crippen LogP contribution in [0, 0.1) is 5.82 Å². The fourth-order valence-electron chi connectivity index (χ4n) is 1.39. The van der Waals surface area contributed by atoms with Crippen molar-refractivity contribution in [2.75, 3.05) is 5.32 Å². The molecule has 0 bridgehead atoms. The van der Waals surface area contributed by atoms with E-state index in [4.69, 9.17) is 0 Å². The molecule has 0 radical (unpaired) electrons. The summed E-state index contributed by atoms with van der Waals surface area (Å²) in [6.07, 6.45) is -2.09. The molecule has 19 heavy (non-hydrogen) atoms. The molecule has 0 spiro atoms. The van der Waals surface area contributed by atoms with Crippen molar-refractivity contribution in [1.29, 1.82) is 0 Å². The number of aromatic nitrogens is 2. The number of hydrogen-bond acceptors (Lipinski definition) is 2. The molecule has 2 rings (SSSR count). The van der Waals surface area contributed by atoms with E-state index < -0.39 is 29.0 Å². The average Bonchev–Trinajstić information content (AvgIpc) is 2.80. The van der Waals surface area contributed by atoms with E-state index in [1.807, 2.05) is 0 Å². The molecule has 2 aromatic rings. The summed E-state index contributed by atoms with van der Waals surface area (Å²) >= 11 is 0. The van der Waals surface area contributed by atoms with E-state index in [9.17, 15) is 22.4 Å². The highest BCUT2D eigenvalue weighted by atomic mass is 19.4. The van der Waals surface area contributed by atoms with Crippen LogP contribution in [0.15, 0.2) is 30.6 Å². The molecule has 1 amide bonds. The standard InChI is InChI=1S/C11H7F4N3O/c12-9-2-1-6(11(13,14)15)3-8(9)10(19)18-7-4-16-17-5-7/h1-5H,(H,16,17)(H,18,19). The van der Waals surface area contributed by atoms with Crippen LogP contribution in [0.2, 0.25) is 0 Å². The molecule has 0 saturated carbocycles. The monoisotopic (exact) mass is 273 g/mol. The number of alkyl halides is 3. The van der Waals surface area contributed by atoms with Gasteiger partial charge in [0.2, 0.25) is 0 Å². The van der Waals surface area contributed by atoms with Crippen molar-refractivity contribution in [2.24, 2.45) is 0 Å². The van der Waals surface area contributed by atoms with Crippen LogP contribution in [0.1, 0.15) is 15.9 Å². The summed E-state index contributed by atoms with van der Waals surface area (Å²) in [6, 6.07) is 1.64. The van der Waals surface area contributed by atoms with E-state index in [1.165, 1.54) is 12.4 Å². The molecular weight excluding hydrogens is 266 g/mol. The van der Waals surface area contributed by atoms with Gasteiger partial charge >= 0.3 is 6.18 Å². The summed E-state index contributed by atoms with van der Waals surface area (Å²) in [5.74, 6) is -2.01. The first-order valence-corrected chi connectivity index (χ1v) is 5.05. The normalized spacial score (nSPS) is 11.4. The molecule has 0 atom stereocenters. The van der Waals surface area contributed by atoms with Gasteiger partial charge in [0.1, 0.15) is 5.82 Å². The number of amides is 1. The highest BCUT2D eigenvalue weighted by molar-refractivity contribution is 6.04. The lowest BCUT2D eigenvalue weighted by Gasteiger charge is -2.09. The topological polar surface area (TPSA) is 57.8 Å². The largest absolute Gasteiger partial charge is 0.416 e. The van der Waals surface area contributed by atoms with E-state index in [1.54, 1.807) is 0 Å². The van der Waals surface area contributed by atoms with Crippen LogP contribution in [0.4, 0.5) is 23.2 Å². The van der Waals surface area contributed by atoms with Gasteiger partial charge in [-0.05, 0) is 18.2 Å². The van der Waals surface area contributed by atoms with Gasteiger partial charge in [0.05, 0.1) is 23.0 Å². The maximum absolute atomic E-state index is 13.4. The molecule has 0 unspecified atom stereocenters. The summed E-state index contributed by atoms with van der Waals surface area (Å²) in [5.41, 5.74) is -1.55. The maximum atomic E-state index is 13.4. The minimum atomic E-state index is -4.64. The lowest BCUT2D eigenvalue weighted by atomic mass is 10.1. The Hall–Kier alpha value is -2.38. The first-order chi connectivity index (χ1) is 8.88. The number of halogens is 4. The molecule has 0 saturated heterocycles. The van der Waals surface area contributed by atoms with Crippen molar-refractivity contribution in [2.45, 2.75) is 6.18 Å². The van der Waals surface area contributed by atoms with E-state index in [-0.39, 0.29) is 5.69 Å². The molecule has 1 aromatic carbocycles. The Balaban J connectivity index is 2.31. The molecule has 0 fully saturated rings. The first-order valence-electron chi connectivity index (χ1n) is 5.05. The van der Waals surface area contributed by atoms with Crippen molar-refractivity contribution >= 4 is 11.6 Å². The van der Waals surface area contributed by atoms with Crippen LogP contribution in [-0.2, 0) is 6.18 Å². The second-order valence-corrected chi connectivity index (χ2v) is 3.63. The van der Waals surface area contributed by atoms with Gasteiger partial charge in [-0.1, -0.05) is 0 Å². The Morgan fingerprint density at radius 2 is 2.05 bits per heavy atom. The Morgan fingerprint density at radius 1 is 1.32 bits per heavy atom. The van der Waals surface area contributed by atoms with Gasteiger partial charge in [-0.3, -0.25) is 9.89 Å². The second kappa shape index (κ2) is 4.71. The molecule has 100 valence electrons. The van der Waals surface area contributed by atoms with Crippen molar-refractivity contribution < 1.29 is 22.4 Å². The first kappa shape index (κ1) is 13.1. The summed E-state index contributed by atoms with van der Waals surface area (Å²) in [7, 11) is 0. The molecule has 1 heterocycles. The summed E-state index contributed by atoms with van der Waals surface area (Å²) in [4.78, 5) is 11.7. The molecule has 0 aliphatic carbocycles. The summed E-state index contributed by atoms with van der Waals surface area (Å²) in [6.45, 7) is 0. The Labute approximate surface area is 104 Å². The summed E-state index contributed by atoms with van der Waals surface area (Å²) in [5, 5.41) is 8.15. The smallest absolute Gasteiger partial charge is 0.319 e. The molecule has 0 aliphatic rings. The minimum absolute atomic E-state index is 0.224. The highest BCUT2D eigenvalue weighted by Crippen LogP contribution is 2.30. The van der Waals surface area contributed by atoms with Crippen LogP contribution in [0.3, 0.4) is 0 Å². The number of H-pyrrole nitrogens is 1. The molecular formula is C11H7F4N3O. The van der Waals surface area contributed by atoms with Crippen LogP contribution < -0.4 is 5.32 Å². The molecule has 8 heteroatoms. The molecule has 1 aromatic heterocycles. The van der Waals surface area contributed by atoms with Crippen molar-refractivity contribution in [3.8, 4) is 0 Å². The third kappa shape index (κ3) is 2.90. The number of carbonyl (C=O) groups excluding carboxylic acids is 1. The fourth-order valence-corrected chi connectivity index (χ4v) is 1.39. The lowest BCUT2D eigenvalue weighted by molar-refractivity contribution is -0.137. The number of nitrogens with zero attached hydrogens (tertiary/aromatic N) is 1. The number of nitrogens with one attached hydrogen (secondary N) is 2. The van der Waals surface area contributed by atoms with Crippen LogP contribution in [0.25, 0.3) is 0 Å². The van der Waals surface area contributed by atoms with Crippen molar-refractivity contribution in [1.82, 2.24) is 10.2 Å².